The Morgan fingerprint density at radius 2 is 1.80 bits per heavy atom. The fourth-order valence-electron chi connectivity index (χ4n) is 4.04. The fourth-order valence-corrected chi connectivity index (χ4v) is 5.42. The highest BCUT2D eigenvalue weighted by Crippen LogP contribution is 2.36. The number of para-hydroxylation sites is 1. The van der Waals surface area contributed by atoms with Gasteiger partial charge in [-0.2, -0.15) is 0 Å². The highest BCUT2D eigenvalue weighted by atomic mass is 32.2. The van der Waals surface area contributed by atoms with E-state index >= 15 is 0 Å². The molecule has 30 heavy (non-hydrogen) atoms. The second-order valence-corrected chi connectivity index (χ2v) is 9.58. The van der Waals surface area contributed by atoms with Gasteiger partial charge in [0.2, 0.25) is 0 Å². The Labute approximate surface area is 176 Å². The highest BCUT2D eigenvalue weighted by Gasteiger charge is 2.25. The molecule has 5 rings (SSSR count). The molecule has 2 aliphatic rings. The summed E-state index contributed by atoms with van der Waals surface area (Å²) in [6.45, 7) is 2.90. The van der Waals surface area contributed by atoms with Gasteiger partial charge in [-0.1, -0.05) is 24.3 Å². The third-order valence-corrected chi connectivity index (χ3v) is 7.38. The van der Waals surface area contributed by atoms with Crippen LogP contribution in [-0.2, 0) is 10.0 Å². The van der Waals surface area contributed by atoms with Crippen LogP contribution in [0.3, 0.4) is 0 Å². The molecule has 0 N–H and O–H groups in total. The zero-order valence-corrected chi connectivity index (χ0v) is 17.7. The van der Waals surface area contributed by atoms with Crippen molar-refractivity contribution < 1.29 is 17.9 Å². The summed E-state index contributed by atoms with van der Waals surface area (Å²) >= 11 is 0. The molecule has 0 saturated carbocycles. The number of fused-ring (bicyclic) bond motifs is 2. The number of hydrogen-bond acceptors (Lipinski definition) is 5. The summed E-state index contributed by atoms with van der Waals surface area (Å²) in [5.74, 6) is 1.06. The number of rotatable bonds is 3. The van der Waals surface area contributed by atoms with Crippen LogP contribution in [-0.4, -0.2) is 50.6 Å². The van der Waals surface area contributed by atoms with Gasteiger partial charge in [0.1, 0.15) is 0 Å². The molecule has 3 aromatic rings. The summed E-state index contributed by atoms with van der Waals surface area (Å²) in [5.41, 5.74) is 2.85. The Hall–Kier alpha value is -2.77. The Bertz CT molecular complexity index is 1240. The van der Waals surface area contributed by atoms with Crippen molar-refractivity contribution >= 4 is 26.5 Å². The van der Waals surface area contributed by atoms with E-state index in [4.69, 9.17) is 9.47 Å². The Balaban J connectivity index is 1.63. The minimum absolute atomic E-state index is 0.191. The van der Waals surface area contributed by atoms with E-state index < -0.39 is 10.0 Å². The van der Waals surface area contributed by atoms with E-state index in [1.807, 2.05) is 24.3 Å². The normalized spacial score (nSPS) is 17.6. The van der Waals surface area contributed by atoms with Crippen LogP contribution in [0.2, 0.25) is 0 Å². The van der Waals surface area contributed by atoms with Gasteiger partial charge in [0.15, 0.2) is 11.5 Å². The molecule has 1 aromatic heterocycles. The van der Waals surface area contributed by atoms with Crippen molar-refractivity contribution in [2.75, 3.05) is 33.4 Å². The molecule has 2 aliphatic heterocycles. The van der Waals surface area contributed by atoms with Crippen molar-refractivity contribution in [1.29, 1.82) is 0 Å². The lowest BCUT2D eigenvalue weighted by atomic mass is 9.99. The van der Waals surface area contributed by atoms with Gasteiger partial charge in [0.05, 0.1) is 23.6 Å². The van der Waals surface area contributed by atoms with Crippen LogP contribution >= 0.6 is 0 Å². The lowest BCUT2D eigenvalue weighted by Crippen LogP contribution is -2.23. The minimum atomic E-state index is -3.80. The average molecular weight is 425 g/mol. The third-order valence-electron chi connectivity index (χ3n) is 5.71. The van der Waals surface area contributed by atoms with Gasteiger partial charge in [0.25, 0.3) is 10.0 Å². The average Bonchev–Trinajstić information content (AvgIpc) is 2.99. The first-order chi connectivity index (χ1) is 14.5. The predicted octanol–water partition coefficient (Wildman–Crippen LogP) is 3.76. The Morgan fingerprint density at radius 3 is 2.60 bits per heavy atom. The molecule has 0 amide bonds. The number of ether oxygens (including phenoxy) is 2. The number of nitrogens with zero attached hydrogens (tertiary/aromatic N) is 2. The molecule has 0 bridgehead atoms. The minimum Gasteiger partial charge on any atom is -0.490 e. The summed E-state index contributed by atoms with van der Waals surface area (Å²) in [4.78, 5) is 2.44. The standard InChI is InChI=1S/C23H24N2O4S/c1-24-11-9-17(10-12-24)20-16-25(21-6-3-2-5-19(20)21)30(26,27)18-7-8-22-23(15-18)29-14-4-13-28-22/h2-3,5-9,15-16H,4,10-14H2,1H3. The molecule has 0 unspecified atom stereocenters. The summed E-state index contributed by atoms with van der Waals surface area (Å²) in [6.07, 6.45) is 5.62. The molecular weight excluding hydrogens is 400 g/mol. The number of benzene rings is 2. The molecule has 0 radical (unpaired) electrons. The maximum absolute atomic E-state index is 13.6. The number of hydrogen-bond donors (Lipinski definition) is 0. The molecule has 3 heterocycles. The largest absolute Gasteiger partial charge is 0.490 e. The van der Waals surface area contributed by atoms with E-state index in [0.717, 1.165) is 36.9 Å². The summed E-state index contributed by atoms with van der Waals surface area (Å²) in [5, 5.41) is 0.950. The maximum atomic E-state index is 13.6. The summed E-state index contributed by atoms with van der Waals surface area (Å²) < 4.78 is 40.0. The van der Waals surface area contributed by atoms with Gasteiger partial charge in [0, 0.05) is 42.7 Å². The van der Waals surface area contributed by atoms with E-state index in [2.05, 4.69) is 18.0 Å². The van der Waals surface area contributed by atoms with Crippen molar-refractivity contribution in [3.8, 4) is 11.5 Å². The van der Waals surface area contributed by atoms with Crippen molar-refractivity contribution in [1.82, 2.24) is 8.87 Å². The van der Waals surface area contributed by atoms with Crippen molar-refractivity contribution in [3.63, 3.8) is 0 Å². The monoisotopic (exact) mass is 424 g/mol. The van der Waals surface area contributed by atoms with Crippen molar-refractivity contribution in [2.45, 2.75) is 17.7 Å². The van der Waals surface area contributed by atoms with E-state index in [1.165, 1.54) is 9.55 Å². The van der Waals surface area contributed by atoms with Gasteiger partial charge in [-0.3, -0.25) is 0 Å². The SMILES string of the molecule is CN1CC=C(c2cn(S(=O)(=O)c3ccc4c(c3)OCCCO4)c3ccccc23)CC1. The third kappa shape index (κ3) is 3.28. The number of likely N-dealkylation sites (N-methyl/N-ethyl adjacent to an activating group) is 1. The Kier molecular flexibility index (Phi) is 4.79. The number of aromatic nitrogens is 1. The first-order valence-electron chi connectivity index (χ1n) is 10.2. The molecule has 7 heteroatoms. The molecule has 0 aliphatic carbocycles. The van der Waals surface area contributed by atoms with Gasteiger partial charge in [-0.15, -0.1) is 0 Å². The van der Waals surface area contributed by atoms with Crippen LogP contribution < -0.4 is 9.47 Å². The van der Waals surface area contributed by atoms with E-state index in [0.29, 0.717) is 30.2 Å². The predicted molar refractivity (Wildman–Crippen MR) is 117 cm³/mol. The first kappa shape index (κ1) is 19.2. The first-order valence-corrected chi connectivity index (χ1v) is 11.6. The Morgan fingerprint density at radius 1 is 1.00 bits per heavy atom. The second kappa shape index (κ2) is 7.49. The van der Waals surface area contributed by atoms with Gasteiger partial charge in [-0.25, -0.2) is 12.4 Å². The molecule has 2 aromatic carbocycles. The van der Waals surface area contributed by atoms with Crippen LogP contribution in [0.5, 0.6) is 11.5 Å². The van der Waals surface area contributed by atoms with Crippen molar-refractivity contribution in [3.05, 3.63) is 60.3 Å². The molecule has 6 nitrogen and oxygen atoms in total. The van der Waals surface area contributed by atoms with E-state index in [-0.39, 0.29) is 4.90 Å². The van der Waals surface area contributed by atoms with Crippen LogP contribution in [0.1, 0.15) is 18.4 Å². The van der Waals surface area contributed by atoms with Crippen LogP contribution in [0.4, 0.5) is 0 Å². The summed E-state index contributed by atoms with van der Waals surface area (Å²) in [7, 11) is -1.71. The zero-order chi connectivity index (χ0) is 20.7. The lowest BCUT2D eigenvalue weighted by molar-refractivity contribution is 0.297. The lowest BCUT2D eigenvalue weighted by Gasteiger charge is -2.21. The topological polar surface area (TPSA) is 60.8 Å². The van der Waals surface area contributed by atoms with Gasteiger partial charge in [-0.05, 0) is 37.2 Å². The maximum Gasteiger partial charge on any atom is 0.268 e. The molecule has 0 spiro atoms. The van der Waals surface area contributed by atoms with Gasteiger partial charge < -0.3 is 14.4 Å². The molecule has 156 valence electrons. The van der Waals surface area contributed by atoms with Gasteiger partial charge >= 0.3 is 0 Å². The molecule has 0 fully saturated rings. The van der Waals surface area contributed by atoms with E-state index in [9.17, 15) is 8.42 Å². The zero-order valence-electron chi connectivity index (χ0n) is 16.9. The van der Waals surface area contributed by atoms with Crippen LogP contribution in [0.15, 0.2) is 59.6 Å². The quantitative estimate of drug-likeness (QED) is 0.641. The van der Waals surface area contributed by atoms with Crippen molar-refractivity contribution in [2.24, 2.45) is 0 Å². The fraction of sp³-hybridized carbons (Fsp3) is 0.304. The van der Waals surface area contributed by atoms with Crippen LogP contribution in [0.25, 0.3) is 16.5 Å². The molecule has 0 saturated heterocycles. The second-order valence-electron chi connectivity index (χ2n) is 7.76. The van der Waals surface area contributed by atoms with Crippen LogP contribution in [0, 0.1) is 0 Å². The smallest absolute Gasteiger partial charge is 0.268 e. The highest BCUT2D eigenvalue weighted by molar-refractivity contribution is 7.90. The summed E-state index contributed by atoms with van der Waals surface area (Å²) in [6, 6.07) is 12.5. The van der Waals surface area contributed by atoms with E-state index in [1.54, 1.807) is 24.4 Å². The molecule has 0 atom stereocenters. The molecular formula is C23H24N2O4S.